The molecule has 1 aromatic heterocycles. The van der Waals surface area contributed by atoms with Crippen molar-refractivity contribution in [3.05, 3.63) is 58.2 Å². The van der Waals surface area contributed by atoms with Crippen LogP contribution in [0.25, 0.3) is 22.0 Å². The number of nitrogens with one attached hydrogen (secondary N) is 2. The highest BCUT2D eigenvalue weighted by atomic mass is 35.5. The largest absolute Gasteiger partial charge is 0.366 e. The third-order valence-electron chi connectivity index (χ3n) is 6.96. The van der Waals surface area contributed by atoms with Crippen molar-refractivity contribution in [2.75, 3.05) is 20.1 Å². The molecule has 0 saturated carbocycles. The molecule has 162 valence electrons. The van der Waals surface area contributed by atoms with E-state index in [1.807, 2.05) is 36.4 Å². The van der Waals surface area contributed by atoms with E-state index in [0.29, 0.717) is 22.7 Å². The van der Waals surface area contributed by atoms with Crippen LogP contribution in [-0.2, 0) is 12.8 Å². The van der Waals surface area contributed by atoms with Crippen LogP contribution < -0.4 is 11.1 Å². The molecule has 5 rings (SSSR count). The van der Waals surface area contributed by atoms with Crippen molar-refractivity contribution in [3.63, 3.8) is 0 Å². The highest BCUT2D eigenvalue weighted by Crippen LogP contribution is 2.40. The summed E-state index contributed by atoms with van der Waals surface area (Å²) in [6, 6.07) is 12.7. The first-order chi connectivity index (χ1) is 15.0. The van der Waals surface area contributed by atoms with Gasteiger partial charge in [0.05, 0.1) is 11.1 Å². The first-order valence-corrected chi connectivity index (χ1v) is 11.5. The second-order valence-corrected chi connectivity index (χ2v) is 9.43. The molecule has 1 aliphatic carbocycles. The van der Waals surface area contributed by atoms with Gasteiger partial charge in [0, 0.05) is 33.7 Å². The molecule has 4 N–H and O–H groups in total. The first kappa shape index (κ1) is 20.6. The molecule has 5 nitrogen and oxygen atoms in total. The van der Waals surface area contributed by atoms with E-state index in [1.165, 1.54) is 24.1 Å². The zero-order valence-corrected chi connectivity index (χ0v) is 18.6. The average molecular weight is 437 g/mol. The summed E-state index contributed by atoms with van der Waals surface area (Å²) in [5, 5.41) is 5.73. The number of rotatable bonds is 4. The minimum absolute atomic E-state index is 0.407. The third kappa shape index (κ3) is 3.86. The van der Waals surface area contributed by atoms with Gasteiger partial charge in [-0.25, -0.2) is 0 Å². The summed E-state index contributed by atoms with van der Waals surface area (Å²) in [4.78, 5) is 18.1. The number of aromatic nitrogens is 1. The van der Waals surface area contributed by atoms with Gasteiger partial charge < -0.3 is 20.9 Å². The lowest BCUT2D eigenvalue weighted by molar-refractivity contribution is 0.100. The fraction of sp³-hybridized carbons (Fsp3) is 0.400. The highest BCUT2D eigenvalue weighted by Gasteiger charge is 2.28. The summed E-state index contributed by atoms with van der Waals surface area (Å²) in [6.45, 7) is 2.31. The summed E-state index contributed by atoms with van der Waals surface area (Å²) in [6.07, 6.45) is 5.41. The molecule has 2 heterocycles. The second-order valence-electron chi connectivity index (χ2n) is 9.02. The number of nitrogens with two attached hydrogens (primary N) is 1. The van der Waals surface area contributed by atoms with Crippen molar-refractivity contribution in [3.8, 4) is 11.1 Å². The van der Waals surface area contributed by atoms with E-state index >= 15 is 0 Å². The van der Waals surface area contributed by atoms with Crippen LogP contribution in [0.2, 0.25) is 5.02 Å². The van der Waals surface area contributed by atoms with Gasteiger partial charge in [-0.3, -0.25) is 4.79 Å². The van der Waals surface area contributed by atoms with Gasteiger partial charge in [0.15, 0.2) is 0 Å². The number of halogens is 1. The zero-order valence-electron chi connectivity index (χ0n) is 17.9. The minimum atomic E-state index is -0.407. The number of carbonyl (C=O) groups excluding carboxylic acids is 1. The van der Waals surface area contributed by atoms with Crippen molar-refractivity contribution in [2.24, 2.45) is 5.73 Å². The Balaban J connectivity index is 1.56. The van der Waals surface area contributed by atoms with Gasteiger partial charge in [-0.05, 0) is 75.5 Å². The van der Waals surface area contributed by atoms with Crippen molar-refractivity contribution in [1.82, 2.24) is 15.2 Å². The Morgan fingerprint density at radius 3 is 2.61 bits per heavy atom. The summed E-state index contributed by atoms with van der Waals surface area (Å²) in [7, 11) is 2.20. The molecular formula is C25H29ClN4O. The number of primary amides is 1. The van der Waals surface area contributed by atoms with E-state index in [4.69, 9.17) is 17.3 Å². The molecule has 1 amide bonds. The molecule has 0 radical (unpaired) electrons. The van der Waals surface area contributed by atoms with Crippen molar-refractivity contribution < 1.29 is 4.79 Å². The Bertz CT molecular complexity index is 1130. The van der Waals surface area contributed by atoms with Crippen LogP contribution in [0.3, 0.4) is 0 Å². The monoisotopic (exact) mass is 436 g/mol. The molecule has 1 fully saturated rings. The maximum absolute atomic E-state index is 12.2. The predicted molar refractivity (Wildman–Crippen MR) is 127 cm³/mol. The number of benzene rings is 2. The van der Waals surface area contributed by atoms with Crippen LogP contribution in [0.4, 0.5) is 0 Å². The van der Waals surface area contributed by atoms with Gasteiger partial charge in [-0.1, -0.05) is 35.9 Å². The normalized spacial score (nSPS) is 20.1. The van der Waals surface area contributed by atoms with Crippen LogP contribution >= 0.6 is 11.6 Å². The smallest absolute Gasteiger partial charge is 0.250 e. The Labute approximate surface area is 187 Å². The standard InChI is InChI=1S/C25H29ClN4O/c1-30-12-10-15(11-13-30)28-16-6-9-22-20(14-16)23-18(17-4-2-3-5-21(17)26)7-8-19(25(27)31)24(23)29-22/h2-5,7-8,15-16,28-29H,6,9-14H2,1H3,(H2,27,31). The number of piperidine rings is 1. The Morgan fingerprint density at radius 1 is 1.10 bits per heavy atom. The van der Waals surface area contributed by atoms with Gasteiger partial charge >= 0.3 is 0 Å². The van der Waals surface area contributed by atoms with Gasteiger partial charge in [0.1, 0.15) is 0 Å². The second kappa shape index (κ2) is 8.30. The maximum Gasteiger partial charge on any atom is 0.250 e. The quantitative estimate of drug-likeness (QED) is 0.575. The van der Waals surface area contributed by atoms with Gasteiger partial charge in [-0.2, -0.15) is 0 Å². The fourth-order valence-corrected chi connectivity index (χ4v) is 5.53. The SMILES string of the molecule is CN1CCC(NC2CCc3[nH]c4c(C(N)=O)ccc(-c5ccccc5Cl)c4c3C2)CC1. The predicted octanol–water partition coefficient (Wildman–Crippen LogP) is 4.13. The van der Waals surface area contributed by atoms with Crippen LogP contribution in [0, 0.1) is 0 Å². The maximum atomic E-state index is 12.2. The van der Waals surface area contributed by atoms with Crippen LogP contribution in [-0.4, -0.2) is 48.0 Å². The summed E-state index contributed by atoms with van der Waals surface area (Å²) in [5.41, 5.74) is 11.7. The lowest BCUT2D eigenvalue weighted by Gasteiger charge is -2.34. The van der Waals surface area contributed by atoms with E-state index in [-0.39, 0.29) is 0 Å². The van der Waals surface area contributed by atoms with Gasteiger partial charge in [-0.15, -0.1) is 0 Å². The van der Waals surface area contributed by atoms with Gasteiger partial charge in [0.25, 0.3) is 5.91 Å². The Morgan fingerprint density at radius 2 is 1.87 bits per heavy atom. The van der Waals surface area contributed by atoms with E-state index in [0.717, 1.165) is 54.4 Å². The first-order valence-electron chi connectivity index (χ1n) is 11.2. The van der Waals surface area contributed by atoms with Crippen molar-refractivity contribution in [2.45, 2.75) is 44.2 Å². The van der Waals surface area contributed by atoms with E-state index < -0.39 is 5.91 Å². The molecule has 1 saturated heterocycles. The lowest BCUT2D eigenvalue weighted by Crippen LogP contribution is -2.46. The number of nitrogens with zero attached hydrogens (tertiary/aromatic N) is 1. The zero-order chi connectivity index (χ0) is 21.5. The van der Waals surface area contributed by atoms with E-state index in [2.05, 4.69) is 22.2 Å². The third-order valence-corrected chi connectivity index (χ3v) is 7.29. The minimum Gasteiger partial charge on any atom is -0.366 e. The number of carbonyl (C=O) groups is 1. The summed E-state index contributed by atoms with van der Waals surface area (Å²) >= 11 is 6.56. The molecular weight excluding hydrogens is 408 g/mol. The van der Waals surface area contributed by atoms with Crippen LogP contribution in [0.15, 0.2) is 36.4 Å². The molecule has 3 aromatic rings. The number of amides is 1. The number of fused-ring (bicyclic) bond motifs is 3. The highest BCUT2D eigenvalue weighted by molar-refractivity contribution is 6.33. The lowest BCUT2D eigenvalue weighted by atomic mass is 9.87. The topological polar surface area (TPSA) is 74.2 Å². The molecule has 1 aliphatic heterocycles. The number of hydrogen-bond acceptors (Lipinski definition) is 3. The number of aromatic amines is 1. The Kier molecular flexibility index (Phi) is 5.51. The number of aryl methyl sites for hydroxylation is 1. The molecule has 6 heteroatoms. The fourth-order valence-electron chi connectivity index (χ4n) is 5.29. The van der Waals surface area contributed by atoms with Gasteiger partial charge in [0.2, 0.25) is 0 Å². The molecule has 2 aromatic carbocycles. The number of hydrogen-bond donors (Lipinski definition) is 3. The number of likely N-dealkylation sites (tertiary alicyclic amines) is 1. The number of H-pyrrole nitrogens is 1. The van der Waals surface area contributed by atoms with Crippen LogP contribution in [0.1, 0.15) is 40.9 Å². The van der Waals surface area contributed by atoms with E-state index in [1.54, 1.807) is 0 Å². The summed E-state index contributed by atoms with van der Waals surface area (Å²) < 4.78 is 0. The Hall–Kier alpha value is -2.34. The van der Waals surface area contributed by atoms with Crippen LogP contribution in [0.5, 0.6) is 0 Å². The molecule has 0 spiro atoms. The molecule has 31 heavy (non-hydrogen) atoms. The molecule has 1 atom stereocenters. The average Bonchev–Trinajstić information content (AvgIpc) is 3.14. The molecule has 0 bridgehead atoms. The molecule has 1 unspecified atom stereocenters. The summed E-state index contributed by atoms with van der Waals surface area (Å²) in [5.74, 6) is -0.407. The van der Waals surface area contributed by atoms with Crippen molar-refractivity contribution >= 4 is 28.4 Å². The van der Waals surface area contributed by atoms with E-state index in [9.17, 15) is 4.79 Å². The van der Waals surface area contributed by atoms with Crippen molar-refractivity contribution in [1.29, 1.82) is 0 Å². The molecule has 2 aliphatic rings.